The van der Waals surface area contributed by atoms with Crippen molar-refractivity contribution in [2.45, 2.75) is 438 Å². The molecule has 0 aromatic heterocycles. The van der Waals surface area contributed by atoms with Gasteiger partial charge in [0.1, 0.15) is 13.2 Å². The molecule has 0 spiro atoms. The van der Waals surface area contributed by atoms with E-state index in [0.717, 1.165) is 64.2 Å². The molecule has 0 saturated heterocycles. The predicted molar refractivity (Wildman–Crippen MR) is 353 cm³/mol. The summed E-state index contributed by atoms with van der Waals surface area (Å²) in [5.74, 6) is -0.838. The molecule has 0 rings (SSSR count). The number of rotatable bonds is 70. The van der Waals surface area contributed by atoms with E-state index >= 15 is 0 Å². The van der Waals surface area contributed by atoms with Crippen molar-refractivity contribution in [2.75, 3.05) is 13.2 Å². The van der Waals surface area contributed by atoms with Gasteiger partial charge in [0.05, 0.1) is 0 Å². The van der Waals surface area contributed by atoms with E-state index in [2.05, 4.69) is 32.9 Å². The summed E-state index contributed by atoms with van der Waals surface area (Å²) < 4.78 is 17.0. The lowest BCUT2D eigenvalue weighted by Gasteiger charge is -2.18. The zero-order valence-corrected chi connectivity index (χ0v) is 55.4. The first kappa shape index (κ1) is 79.2. The first-order valence-corrected chi connectivity index (χ1v) is 37.2. The number of allylic oxidation sites excluding steroid dienone is 2. The Balaban J connectivity index is 4.13. The van der Waals surface area contributed by atoms with E-state index in [1.165, 1.54) is 327 Å². The molecule has 0 fully saturated rings. The standard InChI is InChI=1S/C75H144O6/c1-4-7-10-13-16-19-22-25-28-30-31-32-33-34-35-36-37-38-39-40-41-42-43-45-47-50-53-56-59-62-65-68-74(77)80-71-72(70-79-73(76)67-64-61-58-55-52-49-46-27-24-21-18-15-12-9-6-3)81-75(78)69-66-63-60-57-54-51-48-44-29-26-23-20-17-14-11-8-5-2/h27,46,72H,4-26,28-45,47-71H2,1-3H3/b46-27-. The van der Waals surface area contributed by atoms with Crippen LogP contribution in [-0.2, 0) is 28.6 Å². The summed E-state index contributed by atoms with van der Waals surface area (Å²) in [6.45, 7) is 6.72. The Morgan fingerprint density at radius 3 is 0.617 bits per heavy atom. The van der Waals surface area contributed by atoms with Gasteiger partial charge in [0.25, 0.3) is 0 Å². The van der Waals surface area contributed by atoms with Gasteiger partial charge in [-0.1, -0.05) is 380 Å². The molecular weight excluding hydrogens is 997 g/mol. The van der Waals surface area contributed by atoms with Crippen molar-refractivity contribution in [2.24, 2.45) is 0 Å². The van der Waals surface area contributed by atoms with Gasteiger partial charge in [0.15, 0.2) is 6.10 Å². The van der Waals surface area contributed by atoms with Gasteiger partial charge in [-0.2, -0.15) is 0 Å². The van der Waals surface area contributed by atoms with Crippen LogP contribution in [0.1, 0.15) is 432 Å². The molecule has 1 atom stereocenters. The third-order valence-corrected chi connectivity index (χ3v) is 17.3. The molecule has 480 valence electrons. The van der Waals surface area contributed by atoms with Crippen LogP contribution >= 0.6 is 0 Å². The smallest absolute Gasteiger partial charge is 0.306 e. The SMILES string of the molecule is CCCCCCCC/C=C\CCCCCCCC(=O)OCC(COC(=O)CCCCCCCCCCCCCCCCCCCCCCCCCCCCCCCCC)OC(=O)CCCCCCCCCCCCCCCCCCC. The summed E-state index contributed by atoms with van der Waals surface area (Å²) in [6.07, 6.45) is 85.5. The number of ether oxygens (including phenoxy) is 3. The Morgan fingerprint density at radius 1 is 0.235 bits per heavy atom. The lowest BCUT2D eigenvalue weighted by molar-refractivity contribution is -0.167. The van der Waals surface area contributed by atoms with Crippen molar-refractivity contribution in [1.29, 1.82) is 0 Å². The monoisotopic (exact) mass is 1140 g/mol. The van der Waals surface area contributed by atoms with E-state index in [4.69, 9.17) is 14.2 Å². The Morgan fingerprint density at radius 2 is 0.407 bits per heavy atom. The maximum absolute atomic E-state index is 12.9. The van der Waals surface area contributed by atoms with Crippen LogP contribution in [0, 0.1) is 0 Å². The van der Waals surface area contributed by atoms with Gasteiger partial charge in [-0.3, -0.25) is 14.4 Å². The summed E-state index contributed by atoms with van der Waals surface area (Å²) in [7, 11) is 0. The van der Waals surface area contributed by atoms with Gasteiger partial charge in [-0.25, -0.2) is 0 Å². The van der Waals surface area contributed by atoms with Crippen LogP contribution in [0.4, 0.5) is 0 Å². The van der Waals surface area contributed by atoms with Gasteiger partial charge in [0.2, 0.25) is 0 Å². The fourth-order valence-electron chi connectivity index (χ4n) is 11.7. The second kappa shape index (κ2) is 70.6. The van der Waals surface area contributed by atoms with E-state index in [1.54, 1.807) is 0 Å². The van der Waals surface area contributed by atoms with Gasteiger partial charge in [-0.05, 0) is 44.9 Å². The molecule has 0 aromatic rings. The first-order chi connectivity index (χ1) is 40.0. The number of hydrogen-bond donors (Lipinski definition) is 0. The van der Waals surface area contributed by atoms with Crippen molar-refractivity contribution in [3.05, 3.63) is 12.2 Å². The molecule has 0 aliphatic carbocycles. The summed E-state index contributed by atoms with van der Waals surface area (Å²) >= 11 is 0. The number of unbranched alkanes of at least 4 members (excludes halogenated alkanes) is 57. The molecule has 0 radical (unpaired) electrons. The van der Waals surface area contributed by atoms with Crippen LogP contribution in [0.3, 0.4) is 0 Å². The summed E-state index contributed by atoms with van der Waals surface area (Å²) in [5.41, 5.74) is 0. The molecule has 6 heteroatoms. The molecule has 0 aliphatic heterocycles. The van der Waals surface area contributed by atoms with E-state index < -0.39 is 6.10 Å². The number of carbonyl (C=O) groups is 3. The summed E-state index contributed by atoms with van der Waals surface area (Å²) in [6, 6.07) is 0. The van der Waals surface area contributed by atoms with E-state index in [-0.39, 0.29) is 31.1 Å². The highest BCUT2D eigenvalue weighted by Gasteiger charge is 2.20. The fourth-order valence-corrected chi connectivity index (χ4v) is 11.7. The highest BCUT2D eigenvalue weighted by molar-refractivity contribution is 5.71. The number of esters is 3. The minimum absolute atomic E-state index is 0.0656. The van der Waals surface area contributed by atoms with Crippen LogP contribution < -0.4 is 0 Å². The second-order valence-electron chi connectivity index (χ2n) is 25.6. The van der Waals surface area contributed by atoms with Crippen molar-refractivity contribution in [3.63, 3.8) is 0 Å². The average Bonchev–Trinajstić information content (AvgIpc) is 3.47. The lowest BCUT2D eigenvalue weighted by atomic mass is 10.0. The molecule has 0 amide bonds. The largest absolute Gasteiger partial charge is 0.462 e. The second-order valence-corrected chi connectivity index (χ2v) is 25.6. The molecule has 1 unspecified atom stereocenters. The van der Waals surface area contributed by atoms with Crippen molar-refractivity contribution in [3.8, 4) is 0 Å². The Labute approximate surface area is 507 Å². The summed E-state index contributed by atoms with van der Waals surface area (Å²) in [4.78, 5) is 38.4. The molecular formula is C75H144O6. The molecule has 0 bridgehead atoms. The molecule has 81 heavy (non-hydrogen) atoms. The number of hydrogen-bond acceptors (Lipinski definition) is 6. The molecule has 6 nitrogen and oxygen atoms in total. The maximum atomic E-state index is 12.9. The molecule has 0 N–H and O–H groups in total. The predicted octanol–water partition coefficient (Wildman–Crippen LogP) is 25.6. The van der Waals surface area contributed by atoms with Crippen LogP contribution in [0.5, 0.6) is 0 Å². The minimum Gasteiger partial charge on any atom is -0.462 e. The normalized spacial score (nSPS) is 12.0. The Hall–Kier alpha value is -1.85. The van der Waals surface area contributed by atoms with Crippen molar-refractivity contribution >= 4 is 17.9 Å². The van der Waals surface area contributed by atoms with E-state index in [0.29, 0.717) is 19.3 Å². The molecule has 0 aliphatic rings. The van der Waals surface area contributed by atoms with E-state index in [9.17, 15) is 14.4 Å². The van der Waals surface area contributed by atoms with Gasteiger partial charge in [0, 0.05) is 19.3 Å². The summed E-state index contributed by atoms with van der Waals surface area (Å²) in [5, 5.41) is 0. The highest BCUT2D eigenvalue weighted by atomic mass is 16.6. The fraction of sp³-hybridized carbons (Fsp3) is 0.933. The maximum Gasteiger partial charge on any atom is 0.306 e. The molecule has 0 aromatic carbocycles. The van der Waals surface area contributed by atoms with Crippen LogP contribution in [-0.4, -0.2) is 37.2 Å². The van der Waals surface area contributed by atoms with Crippen LogP contribution in [0.25, 0.3) is 0 Å². The third-order valence-electron chi connectivity index (χ3n) is 17.3. The zero-order valence-electron chi connectivity index (χ0n) is 55.4. The minimum atomic E-state index is -0.770. The Kier molecular flexibility index (Phi) is 69.0. The lowest BCUT2D eigenvalue weighted by Crippen LogP contribution is -2.30. The van der Waals surface area contributed by atoms with Crippen molar-refractivity contribution < 1.29 is 28.6 Å². The first-order valence-electron chi connectivity index (χ1n) is 37.2. The topological polar surface area (TPSA) is 78.9 Å². The number of carbonyl (C=O) groups excluding carboxylic acids is 3. The van der Waals surface area contributed by atoms with Gasteiger partial charge >= 0.3 is 17.9 Å². The van der Waals surface area contributed by atoms with E-state index in [1.807, 2.05) is 0 Å². The zero-order chi connectivity index (χ0) is 58.5. The van der Waals surface area contributed by atoms with Crippen molar-refractivity contribution in [1.82, 2.24) is 0 Å². The van der Waals surface area contributed by atoms with Gasteiger partial charge < -0.3 is 14.2 Å². The quantitative estimate of drug-likeness (QED) is 0.0261. The average molecular weight is 1140 g/mol. The van der Waals surface area contributed by atoms with Crippen LogP contribution in [0.15, 0.2) is 12.2 Å². The van der Waals surface area contributed by atoms with Gasteiger partial charge in [-0.15, -0.1) is 0 Å². The van der Waals surface area contributed by atoms with Crippen LogP contribution in [0.2, 0.25) is 0 Å². The Bertz CT molecular complexity index is 1260. The highest BCUT2D eigenvalue weighted by Crippen LogP contribution is 2.20. The molecule has 0 heterocycles. The molecule has 0 saturated carbocycles. The third kappa shape index (κ3) is 68.8.